The molecule has 0 radical (unpaired) electrons. The molecule has 1 saturated heterocycles. The maximum Gasteiger partial charge on any atom is 0.241 e. The van der Waals surface area contributed by atoms with E-state index in [4.69, 9.17) is 13.9 Å². The summed E-state index contributed by atoms with van der Waals surface area (Å²) in [6.07, 6.45) is 13.0. The minimum absolute atomic E-state index is 0.208. The fourth-order valence-electron chi connectivity index (χ4n) is 6.33. The van der Waals surface area contributed by atoms with Gasteiger partial charge in [-0.2, -0.15) is 0 Å². The molecular weight excluding hydrogens is 352 g/mol. The van der Waals surface area contributed by atoms with Crippen LogP contribution in [0, 0.1) is 17.3 Å². The molecular formula is C23H34O3Si. The first kappa shape index (κ1) is 18.2. The van der Waals surface area contributed by atoms with Crippen molar-refractivity contribution in [2.24, 2.45) is 17.3 Å². The fraction of sp³-hybridized carbons (Fsp3) is 0.739. The predicted molar refractivity (Wildman–Crippen MR) is 110 cm³/mol. The molecule has 0 amide bonds. The zero-order chi connectivity index (χ0) is 18.9. The van der Waals surface area contributed by atoms with Crippen LogP contribution in [0.3, 0.4) is 0 Å². The number of ether oxygens (including phenoxy) is 2. The Labute approximate surface area is 165 Å². The van der Waals surface area contributed by atoms with Gasteiger partial charge >= 0.3 is 0 Å². The van der Waals surface area contributed by atoms with Gasteiger partial charge in [-0.25, -0.2) is 0 Å². The standard InChI is InChI=1S/C23H34O3Si/c1-22-11-9-18-17-10-12-23(24-13-14-25-23)15-16(17)5-6-19(18)20(22)7-8-21(22)26-27(2,3)4/h8-9,19-20H,5-7,10-15H2,1-4H3/t19-,20+,22+/m1/s1. The van der Waals surface area contributed by atoms with E-state index in [1.165, 1.54) is 25.0 Å². The van der Waals surface area contributed by atoms with Crippen molar-refractivity contribution >= 4 is 8.32 Å². The van der Waals surface area contributed by atoms with E-state index in [0.29, 0.717) is 11.8 Å². The van der Waals surface area contributed by atoms with Crippen molar-refractivity contribution in [1.82, 2.24) is 0 Å². The predicted octanol–water partition coefficient (Wildman–Crippen LogP) is 5.71. The van der Waals surface area contributed by atoms with E-state index in [2.05, 4.69) is 38.7 Å². The Bertz CT molecular complexity index is 735. The summed E-state index contributed by atoms with van der Waals surface area (Å²) >= 11 is 0. The molecule has 0 bridgehead atoms. The van der Waals surface area contributed by atoms with Crippen LogP contribution in [0.1, 0.15) is 51.9 Å². The van der Waals surface area contributed by atoms with Gasteiger partial charge in [-0.05, 0) is 80.8 Å². The lowest BCUT2D eigenvalue weighted by Crippen LogP contribution is -2.41. The van der Waals surface area contributed by atoms with Gasteiger partial charge in [-0.3, -0.25) is 0 Å². The highest BCUT2D eigenvalue weighted by Crippen LogP contribution is 2.60. The van der Waals surface area contributed by atoms with Crippen LogP contribution in [-0.4, -0.2) is 27.3 Å². The van der Waals surface area contributed by atoms with Gasteiger partial charge in [-0.1, -0.05) is 18.6 Å². The molecule has 1 fully saturated rings. The molecule has 148 valence electrons. The lowest BCUT2D eigenvalue weighted by molar-refractivity contribution is -0.164. The molecule has 0 saturated carbocycles. The van der Waals surface area contributed by atoms with Crippen LogP contribution >= 0.6 is 0 Å². The van der Waals surface area contributed by atoms with Crippen molar-refractivity contribution in [3.63, 3.8) is 0 Å². The molecule has 0 aromatic rings. The Hall–Kier alpha value is -0.843. The quantitative estimate of drug-likeness (QED) is 0.569. The molecule has 0 aromatic heterocycles. The Morgan fingerprint density at radius 2 is 1.89 bits per heavy atom. The maximum atomic E-state index is 6.55. The molecule has 5 rings (SSSR count). The SMILES string of the molecule is C[C@]12CC=C3C4=C(CC[C@H]3[C@@H]1CC=C2O[Si](C)(C)C)CC1(CC4)OCCO1. The smallest absolute Gasteiger partial charge is 0.241 e. The summed E-state index contributed by atoms with van der Waals surface area (Å²) in [6.45, 7) is 10.9. The minimum Gasteiger partial charge on any atom is -0.547 e. The number of fused-ring (bicyclic) bond motifs is 4. The summed E-state index contributed by atoms with van der Waals surface area (Å²) in [5.41, 5.74) is 5.17. The molecule has 27 heavy (non-hydrogen) atoms. The van der Waals surface area contributed by atoms with Gasteiger partial charge in [0.2, 0.25) is 8.32 Å². The third-order valence-electron chi connectivity index (χ3n) is 7.57. The Kier molecular flexibility index (Phi) is 4.10. The average Bonchev–Trinajstić information content (AvgIpc) is 3.18. The van der Waals surface area contributed by atoms with Crippen LogP contribution in [0.5, 0.6) is 0 Å². The first-order valence-corrected chi connectivity index (χ1v) is 14.3. The Morgan fingerprint density at radius 3 is 2.63 bits per heavy atom. The number of hydrogen-bond donors (Lipinski definition) is 0. The van der Waals surface area contributed by atoms with Crippen molar-refractivity contribution < 1.29 is 13.9 Å². The minimum atomic E-state index is -1.56. The average molecular weight is 387 g/mol. The largest absolute Gasteiger partial charge is 0.547 e. The van der Waals surface area contributed by atoms with Crippen molar-refractivity contribution in [2.45, 2.75) is 77.3 Å². The summed E-state index contributed by atoms with van der Waals surface area (Å²) in [4.78, 5) is 0. The van der Waals surface area contributed by atoms with E-state index in [9.17, 15) is 0 Å². The molecule has 0 N–H and O–H groups in total. The maximum absolute atomic E-state index is 6.55. The summed E-state index contributed by atoms with van der Waals surface area (Å²) in [5.74, 6) is 2.44. The first-order valence-electron chi connectivity index (χ1n) is 10.9. The van der Waals surface area contributed by atoms with Gasteiger partial charge in [0.1, 0.15) is 0 Å². The van der Waals surface area contributed by atoms with Gasteiger partial charge in [-0.15, -0.1) is 0 Å². The van der Waals surface area contributed by atoms with Gasteiger partial charge in [0, 0.05) is 18.3 Å². The number of allylic oxidation sites excluding steroid dienone is 5. The molecule has 1 aliphatic heterocycles. The number of hydrogen-bond acceptors (Lipinski definition) is 3. The fourth-order valence-corrected chi connectivity index (χ4v) is 7.30. The summed E-state index contributed by atoms with van der Waals surface area (Å²) in [6, 6.07) is 0. The highest BCUT2D eigenvalue weighted by atomic mass is 28.4. The molecule has 1 heterocycles. The lowest BCUT2D eigenvalue weighted by Gasteiger charge is -2.48. The van der Waals surface area contributed by atoms with Crippen LogP contribution in [0.15, 0.2) is 34.6 Å². The summed E-state index contributed by atoms with van der Waals surface area (Å²) < 4.78 is 18.6. The second kappa shape index (κ2) is 6.08. The first-order chi connectivity index (χ1) is 12.8. The van der Waals surface area contributed by atoms with Crippen molar-refractivity contribution in [3.05, 3.63) is 34.6 Å². The zero-order valence-corrected chi connectivity index (χ0v) is 18.4. The molecule has 0 aromatic carbocycles. The third-order valence-corrected chi connectivity index (χ3v) is 8.40. The molecule has 4 aliphatic carbocycles. The second-order valence-corrected chi connectivity index (χ2v) is 14.8. The second-order valence-electron chi connectivity index (χ2n) is 10.4. The Morgan fingerprint density at radius 1 is 1.11 bits per heavy atom. The lowest BCUT2D eigenvalue weighted by atomic mass is 9.58. The van der Waals surface area contributed by atoms with Gasteiger partial charge < -0.3 is 13.9 Å². The molecule has 3 atom stereocenters. The molecule has 4 heteroatoms. The zero-order valence-electron chi connectivity index (χ0n) is 17.4. The van der Waals surface area contributed by atoms with Crippen LogP contribution in [0.4, 0.5) is 0 Å². The van der Waals surface area contributed by atoms with Crippen LogP contribution in [-0.2, 0) is 13.9 Å². The third kappa shape index (κ3) is 2.90. The molecule has 5 aliphatic rings. The highest BCUT2D eigenvalue weighted by molar-refractivity contribution is 6.70. The van der Waals surface area contributed by atoms with Gasteiger partial charge in [0.15, 0.2) is 5.79 Å². The van der Waals surface area contributed by atoms with E-state index < -0.39 is 8.32 Å². The molecule has 3 nitrogen and oxygen atoms in total. The monoisotopic (exact) mass is 386 g/mol. The van der Waals surface area contributed by atoms with Crippen LogP contribution in [0.2, 0.25) is 19.6 Å². The van der Waals surface area contributed by atoms with E-state index in [0.717, 1.165) is 38.9 Å². The Balaban J connectivity index is 1.42. The molecule has 0 unspecified atom stereocenters. The normalized spacial score (nSPS) is 37.5. The van der Waals surface area contributed by atoms with Crippen molar-refractivity contribution in [2.75, 3.05) is 13.2 Å². The van der Waals surface area contributed by atoms with Crippen molar-refractivity contribution in [3.8, 4) is 0 Å². The number of rotatable bonds is 2. The van der Waals surface area contributed by atoms with E-state index >= 15 is 0 Å². The topological polar surface area (TPSA) is 27.7 Å². The summed E-state index contributed by atoms with van der Waals surface area (Å²) in [5, 5.41) is 0. The van der Waals surface area contributed by atoms with Crippen molar-refractivity contribution in [1.29, 1.82) is 0 Å². The van der Waals surface area contributed by atoms with Crippen LogP contribution < -0.4 is 0 Å². The summed E-state index contributed by atoms with van der Waals surface area (Å²) in [7, 11) is -1.56. The van der Waals surface area contributed by atoms with Gasteiger partial charge in [0.25, 0.3) is 0 Å². The van der Waals surface area contributed by atoms with Crippen LogP contribution in [0.25, 0.3) is 0 Å². The highest BCUT2D eigenvalue weighted by Gasteiger charge is 2.52. The van der Waals surface area contributed by atoms with E-state index in [-0.39, 0.29) is 11.2 Å². The van der Waals surface area contributed by atoms with E-state index in [1.54, 1.807) is 16.7 Å². The van der Waals surface area contributed by atoms with Gasteiger partial charge in [0.05, 0.1) is 19.0 Å². The molecule has 1 spiro atoms. The van der Waals surface area contributed by atoms with E-state index in [1.807, 2.05) is 0 Å².